The zero-order chi connectivity index (χ0) is 21.4. The van der Waals surface area contributed by atoms with Crippen molar-refractivity contribution >= 4 is 28.7 Å². The maximum Gasteiger partial charge on any atom is 0.328 e. The molecule has 0 aliphatic rings. The number of aryl methyl sites for hydroxylation is 1. The highest BCUT2D eigenvalue weighted by Gasteiger charge is 2.23. The number of benzene rings is 1. The van der Waals surface area contributed by atoms with Gasteiger partial charge in [-0.3, -0.25) is 19.0 Å². The van der Waals surface area contributed by atoms with Crippen molar-refractivity contribution in [1.29, 1.82) is 0 Å². The molecule has 0 saturated carbocycles. The van der Waals surface area contributed by atoms with Gasteiger partial charge < -0.3 is 14.8 Å². The second-order valence-electron chi connectivity index (χ2n) is 6.94. The molecule has 0 aliphatic heterocycles. The zero-order valence-corrected chi connectivity index (χ0v) is 16.7. The molecule has 1 aromatic carbocycles. The lowest BCUT2D eigenvalue weighted by molar-refractivity contribution is -0.150. The Balaban J connectivity index is 1.85. The van der Waals surface area contributed by atoms with Crippen LogP contribution in [0, 0.1) is 5.92 Å². The second-order valence-corrected chi connectivity index (χ2v) is 6.94. The quantitative estimate of drug-likeness (QED) is 0.622. The summed E-state index contributed by atoms with van der Waals surface area (Å²) in [6.45, 7) is 3.38. The van der Waals surface area contributed by atoms with Crippen LogP contribution in [0.4, 0.5) is 0 Å². The summed E-state index contributed by atoms with van der Waals surface area (Å²) >= 11 is 0. The number of carbonyl (C=O) groups is 3. The third-order valence-corrected chi connectivity index (χ3v) is 4.18. The molecule has 1 aromatic heterocycles. The number of ether oxygens (including phenoxy) is 2. The van der Waals surface area contributed by atoms with Crippen molar-refractivity contribution in [1.82, 2.24) is 14.9 Å². The zero-order valence-electron chi connectivity index (χ0n) is 16.7. The molecule has 0 fully saturated rings. The number of fused-ring (bicyclic) bond motifs is 1. The van der Waals surface area contributed by atoms with Crippen LogP contribution in [0.2, 0.25) is 0 Å². The summed E-state index contributed by atoms with van der Waals surface area (Å²) < 4.78 is 10.9. The highest BCUT2D eigenvalue weighted by Crippen LogP contribution is 2.07. The number of aromatic nitrogens is 2. The van der Waals surface area contributed by atoms with Crippen molar-refractivity contribution in [3.63, 3.8) is 0 Å². The Labute approximate surface area is 168 Å². The van der Waals surface area contributed by atoms with Crippen molar-refractivity contribution in [3.8, 4) is 0 Å². The fourth-order valence-corrected chi connectivity index (χ4v) is 2.76. The average molecular weight is 403 g/mol. The summed E-state index contributed by atoms with van der Waals surface area (Å²) in [5, 5.41) is 2.96. The average Bonchev–Trinajstić information content (AvgIpc) is 2.70. The van der Waals surface area contributed by atoms with Crippen LogP contribution in [-0.4, -0.2) is 47.2 Å². The summed E-state index contributed by atoms with van der Waals surface area (Å²) in [6.07, 6.45) is 1.68. The fraction of sp³-hybridized carbons (Fsp3) is 0.450. The maximum atomic E-state index is 12.4. The van der Waals surface area contributed by atoms with Gasteiger partial charge in [0.1, 0.15) is 6.04 Å². The van der Waals surface area contributed by atoms with Gasteiger partial charge in [-0.05, 0) is 24.5 Å². The Morgan fingerprint density at radius 1 is 1.21 bits per heavy atom. The van der Waals surface area contributed by atoms with Gasteiger partial charge in [0.25, 0.3) is 11.5 Å². The molecular formula is C20H25N3O6. The lowest BCUT2D eigenvalue weighted by Gasteiger charge is -2.18. The van der Waals surface area contributed by atoms with Gasteiger partial charge in [0.15, 0.2) is 6.61 Å². The van der Waals surface area contributed by atoms with Crippen LogP contribution in [0.1, 0.15) is 26.7 Å². The lowest BCUT2D eigenvalue weighted by atomic mass is 10.0. The van der Waals surface area contributed by atoms with E-state index in [1.165, 1.54) is 18.0 Å². The van der Waals surface area contributed by atoms with Gasteiger partial charge >= 0.3 is 11.9 Å². The van der Waals surface area contributed by atoms with E-state index in [0.29, 0.717) is 17.3 Å². The minimum Gasteiger partial charge on any atom is -0.467 e. The SMILES string of the molecule is COC(=O)C(CC(C)C)NC(=O)COC(=O)CCn1cnc2ccccc2c1=O. The number of hydrogen-bond donors (Lipinski definition) is 1. The van der Waals surface area contributed by atoms with E-state index in [1.54, 1.807) is 24.3 Å². The van der Waals surface area contributed by atoms with Crippen LogP contribution in [0.3, 0.4) is 0 Å². The van der Waals surface area contributed by atoms with Gasteiger partial charge in [-0.25, -0.2) is 9.78 Å². The summed E-state index contributed by atoms with van der Waals surface area (Å²) in [7, 11) is 1.24. The number of esters is 2. The molecule has 156 valence electrons. The summed E-state index contributed by atoms with van der Waals surface area (Å²) in [4.78, 5) is 52.2. The second kappa shape index (κ2) is 10.4. The first-order chi connectivity index (χ1) is 13.8. The Morgan fingerprint density at radius 3 is 2.62 bits per heavy atom. The molecule has 0 radical (unpaired) electrons. The Hall–Kier alpha value is -3.23. The minimum atomic E-state index is -0.798. The van der Waals surface area contributed by atoms with Crippen LogP contribution >= 0.6 is 0 Å². The molecule has 2 rings (SSSR count). The van der Waals surface area contributed by atoms with E-state index in [4.69, 9.17) is 4.74 Å². The molecule has 1 unspecified atom stereocenters. The first-order valence-corrected chi connectivity index (χ1v) is 9.28. The first-order valence-electron chi connectivity index (χ1n) is 9.28. The number of amides is 1. The molecule has 1 heterocycles. The molecule has 1 atom stereocenters. The van der Waals surface area contributed by atoms with E-state index in [-0.39, 0.29) is 24.4 Å². The Kier molecular flexibility index (Phi) is 7.88. The largest absolute Gasteiger partial charge is 0.467 e. The van der Waals surface area contributed by atoms with Gasteiger partial charge in [0.05, 0.1) is 30.8 Å². The molecule has 1 N–H and O–H groups in total. The summed E-state index contributed by atoms with van der Waals surface area (Å²) in [5.41, 5.74) is 0.324. The van der Waals surface area contributed by atoms with Gasteiger partial charge in [0.2, 0.25) is 0 Å². The molecular weight excluding hydrogens is 378 g/mol. The Morgan fingerprint density at radius 2 is 1.93 bits per heavy atom. The lowest BCUT2D eigenvalue weighted by Crippen LogP contribution is -2.44. The van der Waals surface area contributed by atoms with Gasteiger partial charge in [0, 0.05) is 6.54 Å². The predicted octanol–water partition coefficient (Wildman–Crippen LogP) is 1.03. The van der Waals surface area contributed by atoms with Crippen molar-refractivity contribution in [2.75, 3.05) is 13.7 Å². The summed E-state index contributed by atoms with van der Waals surface area (Å²) in [5.74, 6) is -1.63. The van der Waals surface area contributed by atoms with E-state index >= 15 is 0 Å². The fourth-order valence-electron chi connectivity index (χ4n) is 2.76. The van der Waals surface area contributed by atoms with Crippen LogP contribution in [-0.2, 0) is 30.4 Å². The van der Waals surface area contributed by atoms with E-state index in [0.717, 1.165) is 0 Å². The monoisotopic (exact) mass is 403 g/mol. The number of methoxy groups -OCH3 is 1. The molecule has 2 aromatic rings. The molecule has 9 nitrogen and oxygen atoms in total. The van der Waals surface area contributed by atoms with E-state index in [9.17, 15) is 19.2 Å². The number of hydrogen-bond acceptors (Lipinski definition) is 7. The smallest absolute Gasteiger partial charge is 0.328 e. The number of rotatable bonds is 9. The van der Waals surface area contributed by atoms with Crippen LogP contribution in [0.5, 0.6) is 0 Å². The molecule has 9 heteroatoms. The van der Waals surface area contributed by atoms with Crippen LogP contribution in [0.15, 0.2) is 35.4 Å². The van der Waals surface area contributed by atoms with Crippen LogP contribution in [0.25, 0.3) is 10.9 Å². The van der Waals surface area contributed by atoms with E-state index in [1.807, 2.05) is 13.8 Å². The third-order valence-electron chi connectivity index (χ3n) is 4.18. The van der Waals surface area contributed by atoms with E-state index in [2.05, 4.69) is 15.0 Å². The van der Waals surface area contributed by atoms with Crippen molar-refractivity contribution in [2.45, 2.75) is 39.3 Å². The van der Waals surface area contributed by atoms with Gasteiger partial charge in [-0.15, -0.1) is 0 Å². The van der Waals surface area contributed by atoms with Gasteiger partial charge in [-0.1, -0.05) is 26.0 Å². The van der Waals surface area contributed by atoms with Crippen LogP contribution < -0.4 is 10.9 Å². The highest BCUT2D eigenvalue weighted by atomic mass is 16.5. The number of nitrogens with zero attached hydrogens (tertiary/aromatic N) is 2. The summed E-state index contributed by atoms with van der Waals surface area (Å²) in [6, 6.07) is 6.12. The van der Waals surface area contributed by atoms with Crippen molar-refractivity contribution in [3.05, 3.63) is 40.9 Å². The number of para-hydroxylation sites is 1. The number of carbonyl (C=O) groups excluding carboxylic acids is 3. The molecule has 0 aliphatic carbocycles. The van der Waals surface area contributed by atoms with E-state index < -0.39 is 30.5 Å². The molecule has 0 bridgehead atoms. The first kappa shape index (κ1) is 22.1. The highest BCUT2D eigenvalue weighted by molar-refractivity contribution is 5.86. The van der Waals surface area contributed by atoms with Gasteiger partial charge in [-0.2, -0.15) is 0 Å². The van der Waals surface area contributed by atoms with Crippen molar-refractivity contribution in [2.24, 2.45) is 5.92 Å². The molecule has 1 amide bonds. The maximum absolute atomic E-state index is 12.4. The normalized spacial score (nSPS) is 11.9. The predicted molar refractivity (Wildman–Crippen MR) is 105 cm³/mol. The standard InChI is InChI=1S/C20H25N3O6/c1-13(2)10-16(20(27)28-3)22-17(24)11-29-18(25)8-9-23-12-21-15-7-5-4-6-14(15)19(23)26/h4-7,12-13,16H,8-11H2,1-3H3,(H,22,24). The third kappa shape index (κ3) is 6.41. The Bertz CT molecular complexity index is 937. The molecule has 0 spiro atoms. The minimum absolute atomic E-state index is 0.0786. The van der Waals surface area contributed by atoms with Crippen molar-refractivity contribution < 1.29 is 23.9 Å². The topological polar surface area (TPSA) is 117 Å². The molecule has 29 heavy (non-hydrogen) atoms. The molecule has 0 saturated heterocycles. The number of nitrogens with one attached hydrogen (secondary N) is 1.